The number of aryl methyl sites for hydroxylation is 1. The summed E-state index contributed by atoms with van der Waals surface area (Å²) in [4.78, 5) is 21.2. The molecule has 0 saturated heterocycles. The van der Waals surface area contributed by atoms with Gasteiger partial charge >= 0.3 is 0 Å². The minimum Gasteiger partial charge on any atom is -0.484 e. The Bertz CT molecular complexity index is 994. The number of amides is 1. The Hall–Kier alpha value is -2.85. The van der Waals surface area contributed by atoms with E-state index in [0.29, 0.717) is 37.1 Å². The first-order chi connectivity index (χ1) is 14.6. The Morgan fingerprint density at radius 2 is 2.07 bits per heavy atom. The van der Waals surface area contributed by atoms with Crippen LogP contribution < -0.4 is 15.4 Å². The second-order valence-corrected chi connectivity index (χ2v) is 7.26. The summed E-state index contributed by atoms with van der Waals surface area (Å²) in [5.41, 5.74) is 1.71. The lowest BCUT2D eigenvalue weighted by Gasteiger charge is -2.10. The van der Waals surface area contributed by atoms with Crippen molar-refractivity contribution in [1.29, 1.82) is 0 Å². The quantitative estimate of drug-likeness (QED) is 0.271. The molecule has 0 fully saturated rings. The maximum absolute atomic E-state index is 12.1. The van der Waals surface area contributed by atoms with Gasteiger partial charge in [0, 0.05) is 20.2 Å². The maximum Gasteiger partial charge on any atom is 0.258 e. The third-order valence-corrected chi connectivity index (χ3v) is 4.90. The average Bonchev–Trinajstić information content (AvgIpc) is 3.16. The Labute approximate surface area is 179 Å². The van der Waals surface area contributed by atoms with E-state index in [4.69, 9.17) is 9.47 Å². The van der Waals surface area contributed by atoms with Crippen molar-refractivity contribution in [2.75, 3.05) is 45.0 Å². The van der Waals surface area contributed by atoms with Crippen molar-refractivity contribution in [1.82, 2.24) is 25.1 Å². The van der Waals surface area contributed by atoms with E-state index in [1.807, 2.05) is 37.4 Å². The van der Waals surface area contributed by atoms with Crippen molar-refractivity contribution in [2.24, 2.45) is 0 Å². The zero-order chi connectivity index (χ0) is 21.3. The van der Waals surface area contributed by atoms with E-state index in [9.17, 15) is 4.79 Å². The number of anilines is 1. The van der Waals surface area contributed by atoms with Gasteiger partial charge in [0.2, 0.25) is 0 Å². The molecule has 2 N–H and O–H groups in total. The van der Waals surface area contributed by atoms with E-state index < -0.39 is 0 Å². The van der Waals surface area contributed by atoms with Gasteiger partial charge in [-0.15, -0.1) is 0 Å². The lowest BCUT2D eigenvalue weighted by Crippen LogP contribution is -2.31. The third-order valence-electron chi connectivity index (χ3n) is 4.36. The highest BCUT2D eigenvalue weighted by atomic mass is 32.2. The Balaban J connectivity index is 1.58. The Morgan fingerprint density at radius 3 is 2.83 bits per heavy atom. The molecular weight excluding hydrogens is 404 g/mol. The molecule has 0 saturated carbocycles. The van der Waals surface area contributed by atoms with Crippen molar-refractivity contribution in [3.8, 4) is 5.75 Å². The number of carbonyl (C=O) groups excluding carboxylic acids is 1. The number of thioether (sulfide) groups is 1. The number of nitrogens with zero attached hydrogens (tertiary/aromatic N) is 4. The number of carbonyl (C=O) groups is 1. The second-order valence-electron chi connectivity index (χ2n) is 6.49. The number of ether oxygens (including phenoxy) is 2. The van der Waals surface area contributed by atoms with Gasteiger partial charge in [0.05, 0.1) is 24.7 Å². The topological polar surface area (TPSA) is 103 Å². The summed E-state index contributed by atoms with van der Waals surface area (Å²) >= 11 is 1.46. The van der Waals surface area contributed by atoms with Gasteiger partial charge in [0.1, 0.15) is 11.6 Å². The van der Waals surface area contributed by atoms with Crippen LogP contribution in [0, 0.1) is 6.92 Å². The van der Waals surface area contributed by atoms with Crippen molar-refractivity contribution in [2.45, 2.75) is 18.6 Å². The fraction of sp³-hybridized carbons (Fsp3) is 0.400. The molecule has 1 amide bonds. The monoisotopic (exact) mass is 430 g/mol. The van der Waals surface area contributed by atoms with Crippen molar-refractivity contribution >= 4 is 34.5 Å². The molecule has 0 radical (unpaired) electrons. The molecular formula is C20H26N6O3S. The van der Waals surface area contributed by atoms with Crippen LogP contribution in [0.2, 0.25) is 0 Å². The molecule has 160 valence electrons. The van der Waals surface area contributed by atoms with Gasteiger partial charge in [-0.25, -0.2) is 14.6 Å². The number of benzene rings is 1. The fourth-order valence-corrected chi connectivity index (χ4v) is 3.17. The van der Waals surface area contributed by atoms with Crippen LogP contribution in [0.4, 0.5) is 5.82 Å². The molecule has 3 rings (SSSR count). The molecule has 30 heavy (non-hydrogen) atoms. The van der Waals surface area contributed by atoms with E-state index in [2.05, 4.69) is 25.7 Å². The number of rotatable bonds is 11. The molecule has 0 bridgehead atoms. The van der Waals surface area contributed by atoms with Crippen LogP contribution in [0.15, 0.2) is 35.6 Å². The summed E-state index contributed by atoms with van der Waals surface area (Å²) in [6.45, 7) is 4.03. The van der Waals surface area contributed by atoms with Crippen molar-refractivity contribution in [3.63, 3.8) is 0 Å². The van der Waals surface area contributed by atoms with E-state index in [1.165, 1.54) is 11.8 Å². The smallest absolute Gasteiger partial charge is 0.258 e. The average molecular weight is 431 g/mol. The van der Waals surface area contributed by atoms with Gasteiger partial charge in [-0.3, -0.25) is 4.79 Å². The summed E-state index contributed by atoms with van der Waals surface area (Å²) in [6.07, 6.45) is 3.66. The predicted molar refractivity (Wildman–Crippen MR) is 117 cm³/mol. The zero-order valence-corrected chi connectivity index (χ0v) is 18.2. The van der Waals surface area contributed by atoms with Crippen LogP contribution in [0.25, 0.3) is 11.0 Å². The molecule has 0 unspecified atom stereocenters. The number of methoxy groups -OCH3 is 1. The third kappa shape index (κ3) is 5.61. The van der Waals surface area contributed by atoms with E-state index in [0.717, 1.165) is 22.4 Å². The summed E-state index contributed by atoms with van der Waals surface area (Å²) in [5, 5.41) is 12.0. The Morgan fingerprint density at radius 1 is 1.23 bits per heavy atom. The first-order valence-electron chi connectivity index (χ1n) is 9.58. The largest absolute Gasteiger partial charge is 0.484 e. The maximum atomic E-state index is 12.1. The first kappa shape index (κ1) is 21.8. The minimum atomic E-state index is -0.184. The molecule has 3 aromatic rings. The minimum absolute atomic E-state index is 0.0307. The summed E-state index contributed by atoms with van der Waals surface area (Å²) in [6, 6.07) is 7.60. The highest BCUT2D eigenvalue weighted by Gasteiger charge is 2.13. The molecule has 0 atom stereocenters. The normalized spacial score (nSPS) is 10.9. The van der Waals surface area contributed by atoms with Crippen molar-refractivity contribution < 1.29 is 14.3 Å². The molecule has 10 heteroatoms. The molecule has 0 aliphatic rings. The van der Waals surface area contributed by atoms with Crippen LogP contribution in [0.3, 0.4) is 0 Å². The molecule has 2 aromatic heterocycles. The number of para-hydroxylation sites is 1. The molecule has 2 heterocycles. The van der Waals surface area contributed by atoms with Crippen LogP contribution >= 0.6 is 11.8 Å². The molecule has 1 aromatic carbocycles. The standard InChI is InChI=1S/C20H26N6O3S/c1-14-6-4-5-7-16(14)29-13-17(27)21-8-10-26-19-15(12-23-26)18(22-9-11-28-2)24-20(25-19)30-3/h4-7,12H,8-11,13H2,1-3H3,(H,21,27)(H,22,24,25). The highest BCUT2D eigenvalue weighted by molar-refractivity contribution is 7.98. The lowest BCUT2D eigenvalue weighted by atomic mass is 10.2. The molecule has 0 aliphatic carbocycles. The van der Waals surface area contributed by atoms with E-state index in [1.54, 1.807) is 18.0 Å². The predicted octanol–water partition coefficient (Wildman–Crippen LogP) is 2.11. The van der Waals surface area contributed by atoms with Gasteiger partial charge < -0.3 is 20.1 Å². The summed E-state index contributed by atoms with van der Waals surface area (Å²) < 4.78 is 12.4. The number of hydrogen-bond acceptors (Lipinski definition) is 8. The van der Waals surface area contributed by atoms with Gasteiger partial charge in [-0.1, -0.05) is 30.0 Å². The number of hydrogen-bond donors (Lipinski definition) is 2. The summed E-state index contributed by atoms with van der Waals surface area (Å²) in [5.74, 6) is 1.25. The fourth-order valence-electron chi connectivity index (χ4n) is 2.81. The second kappa shape index (κ2) is 10.8. The first-order valence-corrected chi connectivity index (χ1v) is 10.8. The van der Waals surface area contributed by atoms with Crippen LogP contribution in [-0.4, -0.2) is 65.3 Å². The zero-order valence-electron chi connectivity index (χ0n) is 17.3. The Kier molecular flexibility index (Phi) is 7.86. The molecule has 0 aliphatic heterocycles. The van der Waals surface area contributed by atoms with Crippen LogP contribution in [0.5, 0.6) is 5.75 Å². The van der Waals surface area contributed by atoms with E-state index in [-0.39, 0.29) is 12.5 Å². The van der Waals surface area contributed by atoms with Crippen LogP contribution in [-0.2, 0) is 16.1 Å². The van der Waals surface area contributed by atoms with Gasteiger partial charge in [-0.2, -0.15) is 5.10 Å². The van der Waals surface area contributed by atoms with Crippen LogP contribution in [0.1, 0.15) is 5.56 Å². The molecule has 0 spiro atoms. The SMILES string of the molecule is COCCNc1nc(SC)nc2c1cnn2CCNC(=O)COc1ccccc1C. The highest BCUT2D eigenvalue weighted by Crippen LogP contribution is 2.23. The number of aromatic nitrogens is 4. The summed E-state index contributed by atoms with van der Waals surface area (Å²) in [7, 11) is 1.66. The number of nitrogens with one attached hydrogen (secondary N) is 2. The number of fused-ring (bicyclic) bond motifs is 1. The van der Waals surface area contributed by atoms with Gasteiger partial charge in [0.15, 0.2) is 17.4 Å². The molecule has 9 nitrogen and oxygen atoms in total. The van der Waals surface area contributed by atoms with Gasteiger partial charge in [-0.05, 0) is 24.8 Å². The lowest BCUT2D eigenvalue weighted by molar-refractivity contribution is -0.123. The van der Waals surface area contributed by atoms with E-state index >= 15 is 0 Å². The van der Waals surface area contributed by atoms with Crippen molar-refractivity contribution in [3.05, 3.63) is 36.0 Å². The van der Waals surface area contributed by atoms with Gasteiger partial charge in [0.25, 0.3) is 5.91 Å².